The summed E-state index contributed by atoms with van der Waals surface area (Å²) >= 11 is 15.0. The second-order valence-electron chi connectivity index (χ2n) is 5.49. The number of methoxy groups -OCH3 is 1. The fourth-order valence-electron chi connectivity index (χ4n) is 2.26. The number of pyridine rings is 1. The zero-order valence-corrected chi connectivity index (χ0v) is 18.2. The Kier molecular flexibility index (Phi) is 6.34. The van der Waals surface area contributed by atoms with Crippen LogP contribution in [0.1, 0.15) is 0 Å². The Balaban J connectivity index is 1.94. The van der Waals surface area contributed by atoms with Crippen molar-refractivity contribution in [3.05, 3.63) is 69.4 Å². The number of nitrogens with one attached hydrogen (secondary N) is 1. The molecule has 3 rings (SSSR count). The summed E-state index contributed by atoms with van der Waals surface area (Å²) in [6.07, 6.45) is 2.95. The number of rotatable bonds is 6. The Bertz CT molecular complexity index is 1110. The molecule has 0 saturated heterocycles. The third-order valence-electron chi connectivity index (χ3n) is 3.51. The fraction of sp³-hybridized carbons (Fsp3) is 0.0556. The van der Waals surface area contributed by atoms with E-state index in [-0.39, 0.29) is 10.6 Å². The molecular weight excluding hydrogens is 491 g/mol. The highest BCUT2D eigenvalue weighted by Crippen LogP contribution is 2.38. The van der Waals surface area contributed by atoms with Crippen molar-refractivity contribution in [3.8, 4) is 17.2 Å². The van der Waals surface area contributed by atoms with Crippen molar-refractivity contribution in [1.29, 1.82) is 0 Å². The summed E-state index contributed by atoms with van der Waals surface area (Å²) < 4.78 is 39.4. The highest BCUT2D eigenvalue weighted by molar-refractivity contribution is 9.10. The number of hydrogen-bond donors (Lipinski definition) is 1. The summed E-state index contributed by atoms with van der Waals surface area (Å²) in [6.45, 7) is 0. The monoisotopic (exact) mass is 502 g/mol. The molecular formula is C18H13BrCl2N2O4S. The smallest absolute Gasteiger partial charge is 0.263 e. The van der Waals surface area contributed by atoms with Crippen LogP contribution in [0, 0.1) is 0 Å². The molecule has 0 amide bonds. The molecule has 10 heteroatoms. The third kappa shape index (κ3) is 4.88. The zero-order valence-electron chi connectivity index (χ0n) is 14.3. The third-order valence-corrected chi connectivity index (χ3v) is 6.31. The van der Waals surface area contributed by atoms with Gasteiger partial charge in [0.2, 0.25) is 0 Å². The molecule has 0 aliphatic carbocycles. The van der Waals surface area contributed by atoms with E-state index >= 15 is 0 Å². The average molecular weight is 504 g/mol. The van der Waals surface area contributed by atoms with Crippen LogP contribution in [-0.4, -0.2) is 20.5 Å². The summed E-state index contributed by atoms with van der Waals surface area (Å²) in [5.41, 5.74) is 0.376. The lowest BCUT2D eigenvalue weighted by molar-refractivity contribution is 0.376. The quantitative estimate of drug-likeness (QED) is 0.463. The van der Waals surface area contributed by atoms with Gasteiger partial charge in [0.25, 0.3) is 10.0 Å². The van der Waals surface area contributed by atoms with Crippen LogP contribution in [0.5, 0.6) is 17.2 Å². The van der Waals surface area contributed by atoms with Crippen molar-refractivity contribution < 1.29 is 17.9 Å². The van der Waals surface area contributed by atoms with E-state index in [1.165, 1.54) is 31.6 Å². The van der Waals surface area contributed by atoms with E-state index in [2.05, 4.69) is 25.6 Å². The van der Waals surface area contributed by atoms with Gasteiger partial charge in [0, 0.05) is 39.6 Å². The minimum absolute atomic E-state index is 0.0177. The predicted molar refractivity (Wildman–Crippen MR) is 112 cm³/mol. The van der Waals surface area contributed by atoms with Crippen molar-refractivity contribution >= 4 is 54.8 Å². The van der Waals surface area contributed by atoms with Crippen molar-refractivity contribution in [1.82, 2.24) is 4.98 Å². The number of ether oxygens (including phenoxy) is 2. The number of nitrogens with zero attached hydrogens (tertiary/aromatic N) is 1. The number of halogens is 3. The Labute approximate surface area is 180 Å². The Morgan fingerprint density at radius 1 is 1.00 bits per heavy atom. The maximum Gasteiger partial charge on any atom is 0.263 e. The lowest BCUT2D eigenvalue weighted by atomic mass is 10.3. The molecule has 0 aliphatic rings. The highest BCUT2D eigenvalue weighted by Gasteiger charge is 2.22. The number of sulfonamides is 1. The molecule has 0 fully saturated rings. The second-order valence-corrected chi connectivity index (χ2v) is 8.86. The summed E-state index contributed by atoms with van der Waals surface area (Å²) in [5, 5.41) is 0.907. The van der Waals surface area contributed by atoms with Gasteiger partial charge in [0.1, 0.15) is 10.6 Å². The molecule has 0 saturated carbocycles. The lowest BCUT2D eigenvalue weighted by Gasteiger charge is -2.15. The first-order valence-corrected chi connectivity index (χ1v) is 10.8. The van der Waals surface area contributed by atoms with Gasteiger partial charge >= 0.3 is 0 Å². The highest BCUT2D eigenvalue weighted by atomic mass is 79.9. The Hall–Kier alpha value is -2.00. The SMILES string of the molecule is COc1cc(S(=O)(=O)Nc2ccc(Cl)cc2)c(Br)cc1Oc1cncc(Cl)c1. The molecule has 3 aromatic rings. The van der Waals surface area contributed by atoms with Crippen LogP contribution in [0.25, 0.3) is 0 Å². The van der Waals surface area contributed by atoms with E-state index in [0.717, 1.165) is 0 Å². The first kappa shape index (κ1) is 20.7. The van der Waals surface area contributed by atoms with E-state index in [0.29, 0.717) is 31.7 Å². The molecule has 0 radical (unpaired) electrons. The molecule has 0 atom stereocenters. The maximum absolute atomic E-state index is 12.8. The molecule has 1 aromatic heterocycles. The number of hydrogen-bond acceptors (Lipinski definition) is 5. The van der Waals surface area contributed by atoms with Gasteiger partial charge in [0.15, 0.2) is 11.5 Å². The van der Waals surface area contributed by atoms with Gasteiger partial charge in [-0.25, -0.2) is 8.42 Å². The van der Waals surface area contributed by atoms with Crippen LogP contribution >= 0.6 is 39.1 Å². The van der Waals surface area contributed by atoms with Crippen LogP contribution in [-0.2, 0) is 10.0 Å². The van der Waals surface area contributed by atoms with E-state index in [1.54, 1.807) is 30.3 Å². The van der Waals surface area contributed by atoms with Crippen LogP contribution in [0.3, 0.4) is 0 Å². The summed E-state index contributed by atoms with van der Waals surface area (Å²) in [4.78, 5) is 3.93. The second kappa shape index (κ2) is 8.57. The van der Waals surface area contributed by atoms with Crippen LogP contribution < -0.4 is 14.2 Å². The number of benzene rings is 2. The standard InChI is InChI=1S/C18H13BrCl2N2O4S/c1-26-16-8-18(28(24,25)23-13-4-2-11(20)3-5-13)15(19)7-17(16)27-14-6-12(21)9-22-10-14/h2-10,23H,1H3. The van der Waals surface area contributed by atoms with Gasteiger partial charge in [-0.15, -0.1) is 0 Å². The molecule has 2 aromatic carbocycles. The molecule has 28 heavy (non-hydrogen) atoms. The molecule has 6 nitrogen and oxygen atoms in total. The summed E-state index contributed by atoms with van der Waals surface area (Å²) in [5.74, 6) is 0.899. The van der Waals surface area contributed by atoms with Gasteiger partial charge in [0.05, 0.1) is 18.3 Å². The van der Waals surface area contributed by atoms with Gasteiger partial charge in [-0.3, -0.25) is 9.71 Å². The van der Waals surface area contributed by atoms with Gasteiger partial charge < -0.3 is 9.47 Å². The van der Waals surface area contributed by atoms with E-state index in [9.17, 15) is 8.42 Å². The molecule has 1 heterocycles. The number of aromatic nitrogens is 1. The molecule has 146 valence electrons. The molecule has 1 N–H and O–H groups in total. The van der Waals surface area contributed by atoms with Crippen molar-refractivity contribution in [2.75, 3.05) is 11.8 Å². The normalized spacial score (nSPS) is 11.1. The van der Waals surface area contributed by atoms with Crippen LogP contribution in [0.2, 0.25) is 10.0 Å². The summed E-state index contributed by atoms with van der Waals surface area (Å²) in [7, 11) is -2.48. The van der Waals surface area contributed by atoms with Crippen molar-refractivity contribution in [2.45, 2.75) is 4.90 Å². The van der Waals surface area contributed by atoms with Crippen LogP contribution in [0.4, 0.5) is 5.69 Å². The van der Waals surface area contributed by atoms with Crippen LogP contribution in [0.15, 0.2) is 64.2 Å². The van der Waals surface area contributed by atoms with Crippen molar-refractivity contribution in [2.24, 2.45) is 0 Å². The van der Waals surface area contributed by atoms with E-state index in [4.69, 9.17) is 32.7 Å². The lowest BCUT2D eigenvalue weighted by Crippen LogP contribution is -2.14. The molecule has 0 spiro atoms. The number of anilines is 1. The van der Waals surface area contributed by atoms with Gasteiger partial charge in [-0.1, -0.05) is 23.2 Å². The first-order chi connectivity index (χ1) is 13.3. The Morgan fingerprint density at radius 3 is 2.36 bits per heavy atom. The first-order valence-electron chi connectivity index (χ1n) is 7.73. The maximum atomic E-state index is 12.8. The minimum Gasteiger partial charge on any atom is -0.493 e. The average Bonchev–Trinajstić information content (AvgIpc) is 2.63. The predicted octanol–water partition coefficient (Wildman–Crippen LogP) is 5.75. The molecule has 0 bridgehead atoms. The largest absolute Gasteiger partial charge is 0.493 e. The van der Waals surface area contributed by atoms with E-state index in [1.807, 2.05) is 0 Å². The molecule has 0 unspecified atom stereocenters. The minimum atomic E-state index is -3.89. The summed E-state index contributed by atoms with van der Waals surface area (Å²) in [6, 6.07) is 10.7. The Morgan fingerprint density at radius 2 is 1.71 bits per heavy atom. The topological polar surface area (TPSA) is 77.5 Å². The van der Waals surface area contributed by atoms with Gasteiger partial charge in [-0.2, -0.15) is 0 Å². The van der Waals surface area contributed by atoms with Gasteiger partial charge in [-0.05, 0) is 40.2 Å². The van der Waals surface area contributed by atoms with Crippen molar-refractivity contribution in [3.63, 3.8) is 0 Å². The fourth-order valence-corrected chi connectivity index (χ4v) is 4.65. The zero-order chi connectivity index (χ0) is 20.3. The molecule has 0 aliphatic heterocycles. The van der Waals surface area contributed by atoms with E-state index < -0.39 is 10.0 Å².